The van der Waals surface area contributed by atoms with Crippen LogP contribution in [0.3, 0.4) is 0 Å². The molecule has 0 aromatic heterocycles. The summed E-state index contributed by atoms with van der Waals surface area (Å²) in [6.45, 7) is 8.13. The summed E-state index contributed by atoms with van der Waals surface area (Å²) in [6, 6.07) is 0. The Bertz CT molecular complexity index is 611. The first-order valence-electron chi connectivity index (χ1n) is 11.8. The Morgan fingerprint density at radius 1 is 1.00 bits per heavy atom. The van der Waals surface area contributed by atoms with Crippen LogP contribution in [0, 0.1) is 5.92 Å². The molecule has 0 aromatic rings. The molecule has 10 heteroatoms. The molecule has 3 rings (SSSR count). The lowest BCUT2D eigenvalue weighted by atomic mass is 10.1. The number of ether oxygens (including phenoxy) is 1. The summed E-state index contributed by atoms with van der Waals surface area (Å²) in [5.74, 6) is 1.54. The van der Waals surface area contributed by atoms with Gasteiger partial charge in [0.1, 0.15) is 6.54 Å². The number of hydrogen-bond acceptors (Lipinski definition) is 5. The highest BCUT2D eigenvalue weighted by Crippen LogP contribution is 2.12. The zero-order chi connectivity index (χ0) is 22.1. The number of carbonyl (C=O) groups excluding carboxylic acids is 2. The van der Waals surface area contributed by atoms with Crippen LogP contribution in [0.4, 0.5) is 0 Å². The molecule has 2 amide bonds. The predicted molar refractivity (Wildman–Crippen MR) is 136 cm³/mol. The number of amides is 2. The fourth-order valence-corrected chi connectivity index (χ4v) is 4.26. The van der Waals surface area contributed by atoms with Crippen LogP contribution < -0.4 is 5.32 Å². The number of rotatable bonds is 6. The molecule has 0 aliphatic carbocycles. The normalized spacial score (nSPS) is 22.8. The van der Waals surface area contributed by atoms with E-state index in [1.807, 2.05) is 4.90 Å². The Morgan fingerprint density at radius 3 is 2.28 bits per heavy atom. The molecule has 1 atom stereocenters. The first-order chi connectivity index (χ1) is 15.0. The molecule has 3 heterocycles. The fourth-order valence-electron chi connectivity index (χ4n) is 4.26. The van der Waals surface area contributed by atoms with E-state index < -0.39 is 0 Å². The summed E-state index contributed by atoms with van der Waals surface area (Å²) in [5.41, 5.74) is 0. The topological polar surface area (TPSA) is 80.7 Å². The summed E-state index contributed by atoms with van der Waals surface area (Å²) in [5, 5.41) is 3.47. The number of likely N-dealkylation sites (tertiary alicyclic amines) is 1. The lowest BCUT2D eigenvalue weighted by molar-refractivity contribution is -0.132. The molecule has 32 heavy (non-hydrogen) atoms. The average molecular weight is 565 g/mol. The van der Waals surface area contributed by atoms with Crippen molar-refractivity contribution in [2.24, 2.45) is 10.9 Å². The van der Waals surface area contributed by atoms with Gasteiger partial charge in [0.15, 0.2) is 5.96 Å². The third-order valence-electron chi connectivity index (χ3n) is 6.43. The van der Waals surface area contributed by atoms with Crippen molar-refractivity contribution in [2.45, 2.75) is 32.1 Å². The Labute approximate surface area is 209 Å². The van der Waals surface area contributed by atoms with Crippen molar-refractivity contribution in [3.05, 3.63) is 0 Å². The quantitative estimate of drug-likeness (QED) is 0.291. The van der Waals surface area contributed by atoms with Gasteiger partial charge in [-0.25, -0.2) is 4.99 Å². The minimum absolute atomic E-state index is 0. The van der Waals surface area contributed by atoms with E-state index in [1.54, 1.807) is 19.0 Å². The van der Waals surface area contributed by atoms with Crippen LogP contribution in [0.25, 0.3) is 0 Å². The highest BCUT2D eigenvalue weighted by atomic mass is 127. The van der Waals surface area contributed by atoms with Crippen molar-refractivity contribution in [1.82, 2.24) is 24.9 Å². The molecule has 3 aliphatic rings. The number of hydrogen-bond donors (Lipinski definition) is 1. The van der Waals surface area contributed by atoms with E-state index in [9.17, 15) is 9.59 Å². The van der Waals surface area contributed by atoms with Crippen LogP contribution in [0.15, 0.2) is 4.99 Å². The predicted octanol–water partition coefficient (Wildman–Crippen LogP) is 0.695. The van der Waals surface area contributed by atoms with Crippen molar-refractivity contribution in [3.63, 3.8) is 0 Å². The van der Waals surface area contributed by atoms with Crippen LogP contribution in [-0.4, -0.2) is 124 Å². The third kappa shape index (κ3) is 8.66. The maximum Gasteiger partial charge on any atom is 0.243 e. The van der Waals surface area contributed by atoms with Gasteiger partial charge < -0.3 is 24.8 Å². The molecule has 0 aromatic carbocycles. The second-order valence-corrected chi connectivity index (χ2v) is 9.10. The molecule has 3 aliphatic heterocycles. The summed E-state index contributed by atoms with van der Waals surface area (Å²) in [4.78, 5) is 37.4. The van der Waals surface area contributed by atoms with Gasteiger partial charge in [-0.15, -0.1) is 24.0 Å². The monoisotopic (exact) mass is 564 g/mol. The Hall–Kier alpha value is -1.14. The van der Waals surface area contributed by atoms with Crippen molar-refractivity contribution in [2.75, 3.05) is 86.2 Å². The highest BCUT2D eigenvalue weighted by Gasteiger charge is 2.25. The standard InChI is InChI=1S/C22H40N6O3.HI/c1-25(2)20(29)16-24-22(23-15-19-7-14-31-18-19)28-12-10-26(11-13-28)17-21(30)27-8-5-3-4-6-9-27;/h19H,3-18H2,1-2H3,(H,23,24);1H. The van der Waals surface area contributed by atoms with Crippen molar-refractivity contribution < 1.29 is 14.3 Å². The smallest absolute Gasteiger partial charge is 0.243 e. The lowest BCUT2D eigenvalue weighted by Crippen LogP contribution is -2.55. The van der Waals surface area contributed by atoms with Crippen LogP contribution in [0.2, 0.25) is 0 Å². The molecule has 1 N–H and O–H groups in total. The van der Waals surface area contributed by atoms with Gasteiger partial charge in [-0.3, -0.25) is 14.5 Å². The summed E-state index contributed by atoms with van der Waals surface area (Å²) in [7, 11) is 3.50. The third-order valence-corrected chi connectivity index (χ3v) is 6.43. The van der Waals surface area contributed by atoms with Gasteiger partial charge in [0.05, 0.1) is 13.2 Å². The van der Waals surface area contributed by atoms with Crippen molar-refractivity contribution >= 4 is 41.8 Å². The number of carbonyl (C=O) groups is 2. The summed E-state index contributed by atoms with van der Waals surface area (Å²) < 4.78 is 5.48. The fraction of sp³-hybridized carbons (Fsp3) is 0.864. The second kappa shape index (κ2) is 14.2. The van der Waals surface area contributed by atoms with E-state index in [2.05, 4.69) is 20.1 Å². The molecule has 0 saturated carbocycles. The van der Waals surface area contributed by atoms with Gasteiger partial charge in [-0.2, -0.15) is 0 Å². The second-order valence-electron chi connectivity index (χ2n) is 9.10. The first kappa shape index (κ1) is 27.1. The van der Waals surface area contributed by atoms with E-state index >= 15 is 0 Å². The molecule has 1 unspecified atom stereocenters. The van der Waals surface area contributed by atoms with E-state index in [0.717, 1.165) is 84.2 Å². The number of aliphatic imine (C=N–C) groups is 1. The maximum absolute atomic E-state index is 12.7. The number of nitrogens with one attached hydrogen (secondary N) is 1. The summed E-state index contributed by atoms with van der Waals surface area (Å²) >= 11 is 0. The molecule has 184 valence electrons. The van der Waals surface area contributed by atoms with Crippen LogP contribution in [0.1, 0.15) is 32.1 Å². The maximum atomic E-state index is 12.7. The molecule has 3 saturated heterocycles. The van der Waals surface area contributed by atoms with E-state index in [1.165, 1.54) is 12.8 Å². The van der Waals surface area contributed by atoms with Gasteiger partial charge in [-0.1, -0.05) is 12.8 Å². The largest absolute Gasteiger partial charge is 0.381 e. The molecule has 9 nitrogen and oxygen atoms in total. The number of nitrogens with zero attached hydrogens (tertiary/aromatic N) is 5. The zero-order valence-electron chi connectivity index (χ0n) is 19.8. The molecule has 0 radical (unpaired) electrons. The van der Waals surface area contributed by atoms with Gasteiger partial charge in [0.25, 0.3) is 0 Å². The molecular weight excluding hydrogens is 523 g/mol. The minimum atomic E-state index is -0.00909. The van der Waals surface area contributed by atoms with E-state index in [-0.39, 0.29) is 42.3 Å². The highest BCUT2D eigenvalue weighted by molar-refractivity contribution is 14.0. The van der Waals surface area contributed by atoms with Crippen LogP contribution in [0.5, 0.6) is 0 Å². The number of guanidine groups is 1. The summed E-state index contributed by atoms with van der Waals surface area (Å²) in [6.07, 6.45) is 5.79. The minimum Gasteiger partial charge on any atom is -0.381 e. The molecule has 3 fully saturated rings. The molecule has 0 bridgehead atoms. The number of likely N-dealkylation sites (N-methyl/N-ethyl adjacent to an activating group) is 1. The van der Waals surface area contributed by atoms with Gasteiger partial charge >= 0.3 is 0 Å². The van der Waals surface area contributed by atoms with Gasteiger partial charge in [0.2, 0.25) is 11.8 Å². The van der Waals surface area contributed by atoms with E-state index in [0.29, 0.717) is 12.5 Å². The van der Waals surface area contributed by atoms with Crippen LogP contribution in [-0.2, 0) is 14.3 Å². The van der Waals surface area contributed by atoms with Gasteiger partial charge in [-0.05, 0) is 19.3 Å². The zero-order valence-corrected chi connectivity index (χ0v) is 22.1. The van der Waals surface area contributed by atoms with Gasteiger partial charge in [0, 0.05) is 72.4 Å². The number of piperazine rings is 1. The Morgan fingerprint density at radius 2 is 1.69 bits per heavy atom. The lowest BCUT2D eigenvalue weighted by Gasteiger charge is -2.37. The Kier molecular flexibility index (Phi) is 12.0. The van der Waals surface area contributed by atoms with E-state index in [4.69, 9.17) is 4.74 Å². The number of halogens is 1. The molecular formula is C22H41IN6O3. The van der Waals surface area contributed by atoms with Crippen molar-refractivity contribution in [1.29, 1.82) is 0 Å². The van der Waals surface area contributed by atoms with Crippen LogP contribution >= 0.6 is 24.0 Å². The molecule has 0 spiro atoms. The van der Waals surface area contributed by atoms with Crippen molar-refractivity contribution in [3.8, 4) is 0 Å². The average Bonchev–Trinajstić information content (AvgIpc) is 3.14. The SMILES string of the molecule is CN(C)C(=O)CN=C(NCC1CCOC1)N1CCN(CC(=O)N2CCCCCC2)CC1.I. The Balaban J connectivity index is 0.00000363. The first-order valence-corrected chi connectivity index (χ1v) is 11.8.